The van der Waals surface area contributed by atoms with Crippen LogP contribution in [0.5, 0.6) is 0 Å². The predicted molar refractivity (Wildman–Crippen MR) is 91.7 cm³/mol. The fraction of sp³-hybridized carbons (Fsp3) is 0.632. The largest absolute Gasteiger partial charge is 0.355 e. The van der Waals surface area contributed by atoms with Crippen LogP contribution < -0.4 is 11.1 Å². The van der Waals surface area contributed by atoms with E-state index in [2.05, 4.69) is 5.32 Å². The third kappa shape index (κ3) is 5.31. The van der Waals surface area contributed by atoms with Crippen molar-refractivity contribution in [1.29, 1.82) is 0 Å². The van der Waals surface area contributed by atoms with Gasteiger partial charge in [0.2, 0.25) is 5.91 Å². The SMILES string of the molecule is NCCCCCCC(=O)NCC1(c2ccc(F)cc2)CCCC1. The van der Waals surface area contributed by atoms with Gasteiger partial charge in [-0.15, -0.1) is 0 Å². The van der Waals surface area contributed by atoms with E-state index in [1.165, 1.54) is 25.0 Å². The molecule has 0 radical (unpaired) electrons. The van der Waals surface area contributed by atoms with Gasteiger partial charge >= 0.3 is 0 Å². The van der Waals surface area contributed by atoms with Crippen molar-refractivity contribution in [3.8, 4) is 0 Å². The molecule has 0 spiro atoms. The fourth-order valence-electron chi connectivity index (χ4n) is 3.56. The van der Waals surface area contributed by atoms with Crippen LogP contribution in [0.1, 0.15) is 63.4 Å². The number of hydrogen-bond acceptors (Lipinski definition) is 2. The Morgan fingerprint density at radius 1 is 1.09 bits per heavy atom. The first-order valence-corrected chi connectivity index (χ1v) is 8.89. The maximum Gasteiger partial charge on any atom is 0.220 e. The molecule has 0 aromatic heterocycles. The van der Waals surface area contributed by atoms with Crippen LogP contribution in [-0.2, 0) is 10.2 Å². The van der Waals surface area contributed by atoms with Gasteiger partial charge in [-0.3, -0.25) is 4.79 Å². The molecule has 1 fully saturated rings. The van der Waals surface area contributed by atoms with Crippen molar-refractivity contribution in [2.45, 2.75) is 63.2 Å². The average Bonchev–Trinajstić information content (AvgIpc) is 3.03. The molecule has 1 aliphatic rings. The maximum atomic E-state index is 13.2. The molecule has 0 unspecified atom stereocenters. The number of nitrogens with two attached hydrogens (primary N) is 1. The quantitative estimate of drug-likeness (QED) is 0.682. The number of rotatable bonds is 9. The number of nitrogens with one attached hydrogen (secondary N) is 1. The molecule has 3 N–H and O–H groups in total. The molecule has 1 amide bonds. The van der Waals surface area contributed by atoms with Crippen LogP contribution in [0.4, 0.5) is 4.39 Å². The van der Waals surface area contributed by atoms with Gasteiger partial charge in [-0.2, -0.15) is 0 Å². The topological polar surface area (TPSA) is 55.1 Å². The molecule has 4 heteroatoms. The van der Waals surface area contributed by atoms with Crippen LogP contribution in [0.15, 0.2) is 24.3 Å². The number of amides is 1. The molecule has 3 nitrogen and oxygen atoms in total. The first-order chi connectivity index (χ1) is 11.2. The van der Waals surface area contributed by atoms with E-state index in [-0.39, 0.29) is 17.1 Å². The Morgan fingerprint density at radius 2 is 1.74 bits per heavy atom. The molecule has 0 aliphatic heterocycles. The summed E-state index contributed by atoms with van der Waals surface area (Å²) in [5.74, 6) is -0.0745. The summed E-state index contributed by atoms with van der Waals surface area (Å²) in [4.78, 5) is 12.1. The Hall–Kier alpha value is -1.42. The zero-order valence-electron chi connectivity index (χ0n) is 14.0. The van der Waals surface area contributed by atoms with Gasteiger partial charge in [0.25, 0.3) is 0 Å². The summed E-state index contributed by atoms with van der Waals surface area (Å²) in [6.45, 7) is 1.40. The lowest BCUT2D eigenvalue weighted by Crippen LogP contribution is -2.39. The monoisotopic (exact) mass is 320 g/mol. The summed E-state index contributed by atoms with van der Waals surface area (Å²) in [5, 5.41) is 3.11. The Balaban J connectivity index is 1.83. The third-order valence-corrected chi connectivity index (χ3v) is 5.00. The molecule has 128 valence electrons. The highest BCUT2D eigenvalue weighted by Gasteiger charge is 2.35. The van der Waals surface area contributed by atoms with E-state index < -0.39 is 0 Å². The van der Waals surface area contributed by atoms with Gasteiger partial charge in [0.15, 0.2) is 0 Å². The third-order valence-electron chi connectivity index (χ3n) is 5.00. The summed E-state index contributed by atoms with van der Waals surface area (Å²) >= 11 is 0. The summed E-state index contributed by atoms with van der Waals surface area (Å²) in [5.41, 5.74) is 6.61. The average molecular weight is 320 g/mol. The van der Waals surface area contributed by atoms with Crippen LogP contribution in [0.25, 0.3) is 0 Å². The molecule has 0 heterocycles. The highest BCUT2D eigenvalue weighted by molar-refractivity contribution is 5.76. The molecule has 0 atom stereocenters. The molecule has 0 saturated heterocycles. The van der Waals surface area contributed by atoms with Gasteiger partial charge in [-0.05, 0) is 49.9 Å². The van der Waals surface area contributed by atoms with Gasteiger partial charge in [-0.25, -0.2) is 4.39 Å². The summed E-state index contributed by atoms with van der Waals surface area (Å²) < 4.78 is 13.2. The second-order valence-electron chi connectivity index (χ2n) is 6.72. The van der Waals surface area contributed by atoms with Crippen molar-refractivity contribution in [1.82, 2.24) is 5.32 Å². The van der Waals surface area contributed by atoms with E-state index in [1.807, 2.05) is 12.1 Å². The predicted octanol–water partition coefficient (Wildman–Crippen LogP) is 3.66. The normalized spacial score (nSPS) is 16.4. The smallest absolute Gasteiger partial charge is 0.220 e. The molecular formula is C19H29FN2O. The van der Waals surface area contributed by atoms with Gasteiger partial charge in [0, 0.05) is 18.4 Å². The Labute approximate surface area is 138 Å². The number of unbranched alkanes of at least 4 members (excludes halogenated alkanes) is 3. The lowest BCUT2D eigenvalue weighted by Gasteiger charge is -2.30. The van der Waals surface area contributed by atoms with Gasteiger partial charge < -0.3 is 11.1 Å². The number of benzene rings is 1. The molecular weight excluding hydrogens is 291 g/mol. The first-order valence-electron chi connectivity index (χ1n) is 8.89. The molecule has 0 bridgehead atoms. The molecule has 1 aliphatic carbocycles. The highest BCUT2D eigenvalue weighted by atomic mass is 19.1. The zero-order chi connectivity index (χ0) is 16.5. The minimum Gasteiger partial charge on any atom is -0.355 e. The summed E-state index contributed by atoms with van der Waals surface area (Å²) in [7, 11) is 0. The number of hydrogen-bond donors (Lipinski definition) is 2. The highest BCUT2D eigenvalue weighted by Crippen LogP contribution is 2.40. The second kappa shape index (κ2) is 9.02. The van der Waals surface area contributed by atoms with E-state index in [1.54, 1.807) is 0 Å². The van der Waals surface area contributed by atoms with Crippen LogP contribution in [0.2, 0.25) is 0 Å². The molecule has 2 rings (SSSR count). The molecule has 1 saturated carbocycles. The second-order valence-corrected chi connectivity index (χ2v) is 6.72. The Kier molecular flexibility index (Phi) is 7.03. The zero-order valence-corrected chi connectivity index (χ0v) is 14.0. The van der Waals surface area contributed by atoms with Crippen LogP contribution in [-0.4, -0.2) is 19.0 Å². The van der Waals surface area contributed by atoms with E-state index in [0.29, 0.717) is 13.0 Å². The van der Waals surface area contributed by atoms with Crippen molar-refractivity contribution in [3.05, 3.63) is 35.6 Å². The van der Waals surface area contributed by atoms with Crippen molar-refractivity contribution >= 4 is 5.91 Å². The lowest BCUT2D eigenvalue weighted by molar-refractivity contribution is -0.121. The van der Waals surface area contributed by atoms with Crippen molar-refractivity contribution in [2.24, 2.45) is 5.73 Å². The van der Waals surface area contributed by atoms with E-state index >= 15 is 0 Å². The van der Waals surface area contributed by atoms with E-state index in [0.717, 1.165) is 50.6 Å². The Bertz CT molecular complexity index is 481. The number of carbonyl (C=O) groups is 1. The van der Waals surface area contributed by atoms with Gasteiger partial charge in [0.05, 0.1) is 0 Å². The van der Waals surface area contributed by atoms with Gasteiger partial charge in [-0.1, -0.05) is 37.8 Å². The van der Waals surface area contributed by atoms with Gasteiger partial charge in [0.1, 0.15) is 5.82 Å². The molecule has 23 heavy (non-hydrogen) atoms. The fourth-order valence-corrected chi connectivity index (χ4v) is 3.56. The minimum absolute atomic E-state index is 0.0110. The Morgan fingerprint density at radius 3 is 2.39 bits per heavy atom. The number of halogens is 1. The standard InChI is InChI=1S/C19H29FN2O/c20-17-10-8-16(9-11-17)19(12-4-5-13-19)15-22-18(23)7-3-1-2-6-14-21/h8-11H,1-7,12-15,21H2,(H,22,23). The first kappa shape index (κ1) is 17.9. The maximum absolute atomic E-state index is 13.2. The molecule has 1 aromatic rings. The van der Waals surface area contributed by atoms with Crippen molar-refractivity contribution < 1.29 is 9.18 Å². The van der Waals surface area contributed by atoms with Crippen LogP contribution in [0, 0.1) is 5.82 Å². The van der Waals surface area contributed by atoms with Crippen LogP contribution >= 0.6 is 0 Å². The minimum atomic E-state index is -0.205. The van der Waals surface area contributed by atoms with Crippen molar-refractivity contribution in [2.75, 3.05) is 13.1 Å². The summed E-state index contributed by atoms with van der Waals surface area (Å²) in [6, 6.07) is 6.79. The van der Waals surface area contributed by atoms with E-state index in [4.69, 9.17) is 5.73 Å². The van der Waals surface area contributed by atoms with E-state index in [9.17, 15) is 9.18 Å². The molecule has 1 aromatic carbocycles. The van der Waals surface area contributed by atoms with Crippen LogP contribution in [0.3, 0.4) is 0 Å². The summed E-state index contributed by atoms with van der Waals surface area (Å²) in [6.07, 6.45) is 9.19. The number of carbonyl (C=O) groups excluding carboxylic acids is 1. The lowest BCUT2D eigenvalue weighted by atomic mass is 9.79. The van der Waals surface area contributed by atoms with Crippen molar-refractivity contribution in [3.63, 3.8) is 0 Å².